The second-order valence-corrected chi connectivity index (χ2v) is 6.13. The molecule has 0 saturated heterocycles. The molecule has 4 nitrogen and oxygen atoms in total. The van der Waals surface area contributed by atoms with Crippen LogP contribution in [-0.2, 0) is 18.2 Å². The van der Waals surface area contributed by atoms with E-state index in [-0.39, 0.29) is 0 Å². The largest absolute Gasteiger partial charge is 0.390 e. The molecule has 0 amide bonds. The maximum Gasteiger partial charge on any atom is 0.0943 e. The summed E-state index contributed by atoms with van der Waals surface area (Å²) in [5.41, 5.74) is 1.29. The fourth-order valence-corrected chi connectivity index (χ4v) is 3.52. The van der Waals surface area contributed by atoms with Gasteiger partial charge in [0.2, 0.25) is 0 Å². The quantitative estimate of drug-likeness (QED) is 0.909. The summed E-state index contributed by atoms with van der Waals surface area (Å²) >= 11 is 6.28. The summed E-state index contributed by atoms with van der Waals surface area (Å²) in [6.45, 7) is 4.51. The molecule has 114 valence electrons. The van der Waals surface area contributed by atoms with Gasteiger partial charge in [0.05, 0.1) is 28.1 Å². The Labute approximate surface area is 126 Å². The third kappa shape index (κ3) is 3.02. The second-order valence-electron chi connectivity index (χ2n) is 5.75. The molecule has 0 bridgehead atoms. The molecule has 20 heavy (non-hydrogen) atoms. The van der Waals surface area contributed by atoms with E-state index in [1.807, 2.05) is 20.9 Å². The van der Waals surface area contributed by atoms with E-state index in [1.165, 1.54) is 6.42 Å². The molecule has 1 fully saturated rings. The summed E-state index contributed by atoms with van der Waals surface area (Å²) in [5, 5.41) is 15.7. The second kappa shape index (κ2) is 6.46. The number of nitrogens with zero attached hydrogens (tertiary/aromatic N) is 2. The van der Waals surface area contributed by atoms with Crippen LogP contribution in [0.25, 0.3) is 0 Å². The molecule has 1 atom stereocenters. The fourth-order valence-electron chi connectivity index (χ4n) is 3.28. The van der Waals surface area contributed by atoms with Crippen molar-refractivity contribution >= 4 is 11.6 Å². The van der Waals surface area contributed by atoms with Crippen LogP contribution < -0.4 is 0 Å². The standard InChI is InChI=1S/C15H25ClN2O2/c1-4-20-15(8-6-5-7-9-15)13(19)10-12-14(16)11(2)17-18(12)3/h13,19H,4-10H2,1-3H3. The Hall–Kier alpha value is -0.580. The number of hydrogen-bond acceptors (Lipinski definition) is 3. The van der Waals surface area contributed by atoms with Gasteiger partial charge in [-0.15, -0.1) is 0 Å². The van der Waals surface area contributed by atoms with Crippen molar-refractivity contribution < 1.29 is 9.84 Å². The maximum absolute atomic E-state index is 10.7. The van der Waals surface area contributed by atoms with Crippen LogP contribution in [0, 0.1) is 6.92 Å². The first kappa shape index (κ1) is 15.8. The fraction of sp³-hybridized carbons (Fsp3) is 0.800. The molecule has 1 aliphatic rings. The van der Waals surface area contributed by atoms with Gasteiger partial charge in [-0.1, -0.05) is 30.9 Å². The monoisotopic (exact) mass is 300 g/mol. The summed E-state index contributed by atoms with van der Waals surface area (Å²) in [4.78, 5) is 0. The predicted octanol–water partition coefficient (Wildman–Crippen LogP) is 3.02. The number of aliphatic hydroxyl groups is 1. The predicted molar refractivity (Wildman–Crippen MR) is 80.1 cm³/mol. The minimum atomic E-state index is -0.532. The smallest absolute Gasteiger partial charge is 0.0943 e. The molecule has 5 heteroatoms. The molecule has 1 saturated carbocycles. The van der Waals surface area contributed by atoms with Crippen molar-refractivity contribution in [2.45, 2.75) is 64.1 Å². The van der Waals surface area contributed by atoms with Crippen molar-refractivity contribution in [2.75, 3.05) is 6.61 Å². The zero-order valence-electron chi connectivity index (χ0n) is 12.7. The number of rotatable bonds is 5. The first-order valence-corrected chi connectivity index (χ1v) is 7.88. The van der Waals surface area contributed by atoms with Gasteiger partial charge in [0.1, 0.15) is 0 Å². The first-order chi connectivity index (χ1) is 9.50. The SMILES string of the molecule is CCOC1(C(O)Cc2c(Cl)c(C)nn2C)CCCCC1. The van der Waals surface area contributed by atoms with Crippen LogP contribution in [0.3, 0.4) is 0 Å². The number of halogens is 1. The van der Waals surface area contributed by atoms with E-state index in [0.29, 0.717) is 18.1 Å². The van der Waals surface area contributed by atoms with Gasteiger partial charge in [-0.2, -0.15) is 5.10 Å². The Morgan fingerprint density at radius 2 is 2.05 bits per heavy atom. The Morgan fingerprint density at radius 1 is 1.40 bits per heavy atom. The van der Waals surface area contributed by atoms with Gasteiger partial charge in [-0.3, -0.25) is 4.68 Å². The van der Waals surface area contributed by atoms with Gasteiger partial charge in [0, 0.05) is 20.1 Å². The van der Waals surface area contributed by atoms with Crippen LogP contribution in [0.15, 0.2) is 0 Å². The van der Waals surface area contributed by atoms with Crippen molar-refractivity contribution in [3.8, 4) is 0 Å². The normalized spacial score (nSPS) is 20.1. The van der Waals surface area contributed by atoms with E-state index < -0.39 is 11.7 Å². The molecule has 1 heterocycles. The van der Waals surface area contributed by atoms with Crippen LogP contribution in [0.5, 0.6) is 0 Å². The summed E-state index contributed by atoms with van der Waals surface area (Å²) in [7, 11) is 1.87. The molecule has 2 rings (SSSR count). The van der Waals surface area contributed by atoms with Gasteiger partial charge in [-0.25, -0.2) is 0 Å². The van der Waals surface area contributed by atoms with Gasteiger partial charge in [-0.05, 0) is 26.7 Å². The van der Waals surface area contributed by atoms with E-state index in [4.69, 9.17) is 16.3 Å². The molecule has 0 radical (unpaired) electrons. The number of ether oxygens (including phenoxy) is 1. The van der Waals surface area contributed by atoms with Gasteiger partial charge < -0.3 is 9.84 Å². The maximum atomic E-state index is 10.7. The Balaban J connectivity index is 2.17. The van der Waals surface area contributed by atoms with E-state index >= 15 is 0 Å². The molecule has 1 aromatic rings. The highest BCUT2D eigenvalue weighted by Gasteiger charge is 2.40. The molecule has 1 aromatic heterocycles. The molecule has 1 N–H and O–H groups in total. The molecule has 0 aromatic carbocycles. The topological polar surface area (TPSA) is 47.3 Å². The van der Waals surface area contributed by atoms with Crippen molar-refractivity contribution in [1.82, 2.24) is 9.78 Å². The third-order valence-corrected chi connectivity index (χ3v) is 4.88. The van der Waals surface area contributed by atoms with Crippen LogP contribution in [0.4, 0.5) is 0 Å². The van der Waals surface area contributed by atoms with E-state index in [1.54, 1.807) is 4.68 Å². The highest BCUT2D eigenvalue weighted by Crippen LogP contribution is 2.36. The van der Waals surface area contributed by atoms with Crippen molar-refractivity contribution in [2.24, 2.45) is 7.05 Å². The van der Waals surface area contributed by atoms with E-state index in [9.17, 15) is 5.11 Å². The van der Waals surface area contributed by atoms with Gasteiger partial charge in [0.15, 0.2) is 0 Å². The summed E-state index contributed by atoms with van der Waals surface area (Å²) in [6.07, 6.45) is 5.29. The minimum Gasteiger partial charge on any atom is -0.390 e. The summed E-state index contributed by atoms with van der Waals surface area (Å²) in [6, 6.07) is 0. The van der Waals surface area contributed by atoms with Crippen molar-refractivity contribution in [3.05, 3.63) is 16.4 Å². The molecule has 0 aliphatic heterocycles. The molecular weight excluding hydrogens is 276 g/mol. The number of aryl methyl sites for hydroxylation is 2. The molecular formula is C15H25ClN2O2. The Bertz CT molecular complexity index is 447. The lowest BCUT2D eigenvalue weighted by molar-refractivity contribution is -0.139. The van der Waals surface area contributed by atoms with Gasteiger partial charge >= 0.3 is 0 Å². The van der Waals surface area contributed by atoms with Crippen LogP contribution in [0.1, 0.15) is 50.4 Å². The van der Waals surface area contributed by atoms with E-state index in [2.05, 4.69) is 5.10 Å². The average molecular weight is 301 g/mol. The Morgan fingerprint density at radius 3 is 2.55 bits per heavy atom. The van der Waals surface area contributed by atoms with Gasteiger partial charge in [0.25, 0.3) is 0 Å². The van der Waals surface area contributed by atoms with Crippen LogP contribution in [0.2, 0.25) is 5.02 Å². The lowest BCUT2D eigenvalue weighted by atomic mass is 9.79. The van der Waals surface area contributed by atoms with Crippen molar-refractivity contribution in [3.63, 3.8) is 0 Å². The zero-order chi connectivity index (χ0) is 14.8. The highest BCUT2D eigenvalue weighted by atomic mass is 35.5. The van der Waals surface area contributed by atoms with E-state index in [0.717, 1.165) is 37.1 Å². The Kier molecular flexibility index (Phi) is 5.10. The lowest BCUT2D eigenvalue weighted by Gasteiger charge is -2.40. The number of aliphatic hydroxyl groups excluding tert-OH is 1. The summed E-state index contributed by atoms with van der Waals surface area (Å²) in [5.74, 6) is 0. The highest BCUT2D eigenvalue weighted by molar-refractivity contribution is 6.31. The van der Waals surface area contributed by atoms with Crippen LogP contribution >= 0.6 is 11.6 Å². The molecule has 0 spiro atoms. The third-order valence-electron chi connectivity index (χ3n) is 4.39. The first-order valence-electron chi connectivity index (χ1n) is 7.50. The number of aromatic nitrogens is 2. The number of hydrogen-bond donors (Lipinski definition) is 1. The summed E-state index contributed by atoms with van der Waals surface area (Å²) < 4.78 is 7.74. The molecule has 1 unspecified atom stereocenters. The average Bonchev–Trinajstić information content (AvgIpc) is 2.67. The zero-order valence-corrected chi connectivity index (χ0v) is 13.4. The lowest BCUT2D eigenvalue weighted by Crippen LogP contribution is -2.48. The minimum absolute atomic E-state index is 0.408. The van der Waals surface area contributed by atoms with Crippen molar-refractivity contribution in [1.29, 1.82) is 0 Å². The van der Waals surface area contributed by atoms with Crippen LogP contribution in [-0.4, -0.2) is 33.2 Å². The molecule has 1 aliphatic carbocycles.